The average molecular weight is 324 g/mol. The molecule has 0 atom stereocenters. The fraction of sp³-hybridized carbons (Fsp3) is 0.200. The van der Waals surface area contributed by atoms with E-state index in [9.17, 15) is 35.9 Å². The van der Waals surface area contributed by atoms with Gasteiger partial charge in [-0.1, -0.05) is 0 Å². The van der Waals surface area contributed by atoms with Crippen molar-refractivity contribution in [2.24, 2.45) is 0 Å². The van der Waals surface area contributed by atoms with Crippen molar-refractivity contribution in [3.8, 4) is 0 Å². The van der Waals surface area contributed by atoms with E-state index in [1.165, 1.54) is 0 Å². The highest BCUT2D eigenvalue weighted by molar-refractivity contribution is 6.25. The molecule has 12 heteroatoms. The molecule has 2 aromatic heterocycles. The lowest BCUT2D eigenvalue weighted by Crippen LogP contribution is -2.20. The molecule has 6 nitrogen and oxygen atoms in total. The van der Waals surface area contributed by atoms with Gasteiger partial charge in [0.2, 0.25) is 23.2 Å². The lowest BCUT2D eigenvalue weighted by Gasteiger charge is -2.06. The number of nitrogens with one attached hydrogen (secondary N) is 2. The van der Waals surface area contributed by atoms with E-state index in [1.54, 1.807) is 9.97 Å². The van der Waals surface area contributed by atoms with E-state index in [4.69, 9.17) is 0 Å². The molecule has 0 aromatic carbocycles. The molecule has 1 aliphatic rings. The fourth-order valence-electron chi connectivity index (χ4n) is 1.91. The Morgan fingerprint density at radius 2 is 1.05 bits per heavy atom. The van der Waals surface area contributed by atoms with Gasteiger partial charge in [0, 0.05) is 0 Å². The number of hydrogen-bond donors (Lipinski definition) is 2. The van der Waals surface area contributed by atoms with Crippen LogP contribution in [-0.4, -0.2) is 31.5 Å². The molecule has 0 bridgehead atoms. The Morgan fingerprint density at radius 1 is 0.682 bits per heavy atom. The van der Waals surface area contributed by atoms with Gasteiger partial charge in [-0.15, -0.1) is 0 Å². The largest absolute Gasteiger partial charge is 0.449 e. The maximum atomic E-state index is 12.5. The number of nitrogens with zero attached hydrogens (tertiary/aromatic N) is 2. The summed E-state index contributed by atoms with van der Waals surface area (Å²) in [5.41, 5.74) is -3.49. The molecule has 2 aromatic rings. The number of carbonyl (C=O) groups is 2. The SMILES string of the molecule is O=C1c2nc(C(F)(F)F)[nH]c2C(=O)c2[nH]c(C(F)(F)F)nc21. The van der Waals surface area contributed by atoms with E-state index in [1.807, 2.05) is 0 Å². The molecule has 0 spiro atoms. The van der Waals surface area contributed by atoms with E-state index >= 15 is 0 Å². The second-order valence-corrected chi connectivity index (χ2v) is 4.27. The van der Waals surface area contributed by atoms with Crippen LogP contribution in [-0.2, 0) is 12.4 Å². The molecule has 0 saturated carbocycles. The lowest BCUT2D eigenvalue weighted by atomic mass is 10.00. The summed E-state index contributed by atoms with van der Waals surface area (Å²) >= 11 is 0. The molecule has 2 heterocycles. The summed E-state index contributed by atoms with van der Waals surface area (Å²) in [4.78, 5) is 32.9. The number of halogens is 6. The van der Waals surface area contributed by atoms with Gasteiger partial charge in [-0.2, -0.15) is 26.3 Å². The third kappa shape index (κ3) is 1.90. The van der Waals surface area contributed by atoms with Crippen LogP contribution in [0, 0.1) is 0 Å². The van der Waals surface area contributed by atoms with Crippen LogP contribution in [0.15, 0.2) is 0 Å². The minimum Gasteiger partial charge on any atom is -0.331 e. The molecule has 116 valence electrons. The minimum atomic E-state index is -4.95. The molecule has 3 rings (SSSR count). The highest BCUT2D eigenvalue weighted by Crippen LogP contribution is 2.33. The van der Waals surface area contributed by atoms with E-state index in [0.717, 1.165) is 0 Å². The number of aromatic nitrogens is 4. The fourth-order valence-corrected chi connectivity index (χ4v) is 1.91. The average Bonchev–Trinajstić information content (AvgIpc) is 2.99. The van der Waals surface area contributed by atoms with Crippen LogP contribution < -0.4 is 0 Å². The molecule has 0 unspecified atom stereocenters. The van der Waals surface area contributed by atoms with Crippen molar-refractivity contribution in [1.82, 2.24) is 19.9 Å². The second kappa shape index (κ2) is 3.96. The summed E-state index contributed by atoms with van der Waals surface area (Å²) in [5.74, 6) is -5.75. The van der Waals surface area contributed by atoms with Crippen LogP contribution in [0.5, 0.6) is 0 Å². The van der Waals surface area contributed by atoms with Gasteiger partial charge in [-0.3, -0.25) is 9.59 Å². The first-order valence-corrected chi connectivity index (χ1v) is 5.44. The van der Waals surface area contributed by atoms with Crippen molar-refractivity contribution < 1.29 is 35.9 Å². The quantitative estimate of drug-likeness (QED) is 0.618. The van der Waals surface area contributed by atoms with Gasteiger partial charge in [-0.25, -0.2) is 9.97 Å². The van der Waals surface area contributed by atoms with Gasteiger partial charge >= 0.3 is 12.4 Å². The number of H-pyrrole nitrogens is 2. The van der Waals surface area contributed by atoms with Crippen molar-refractivity contribution in [2.45, 2.75) is 12.4 Å². The van der Waals surface area contributed by atoms with Gasteiger partial charge in [0.25, 0.3) is 0 Å². The Kier molecular flexibility index (Phi) is 2.57. The Balaban J connectivity index is 2.16. The number of ketones is 2. The van der Waals surface area contributed by atoms with Crippen LogP contribution >= 0.6 is 0 Å². The van der Waals surface area contributed by atoms with Crippen LogP contribution in [0.4, 0.5) is 26.3 Å². The highest BCUT2D eigenvalue weighted by atomic mass is 19.4. The second-order valence-electron chi connectivity index (χ2n) is 4.27. The highest BCUT2D eigenvalue weighted by Gasteiger charge is 2.44. The van der Waals surface area contributed by atoms with Crippen LogP contribution in [0.25, 0.3) is 0 Å². The van der Waals surface area contributed by atoms with Gasteiger partial charge in [0.1, 0.15) is 22.8 Å². The minimum absolute atomic E-state index is 0.831. The third-order valence-corrected chi connectivity index (χ3v) is 2.83. The van der Waals surface area contributed by atoms with Gasteiger partial charge < -0.3 is 9.97 Å². The first-order chi connectivity index (χ1) is 10.00. The first-order valence-electron chi connectivity index (χ1n) is 5.44. The van der Waals surface area contributed by atoms with E-state index < -0.39 is 58.3 Å². The number of rotatable bonds is 0. The number of imidazole rings is 2. The van der Waals surface area contributed by atoms with Crippen molar-refractivity contribution in [3.05, 3.63) is 34.4 Å². The van der Waals surface area contributed by atoms with Gasteiger partial charge in [-0.05, 0) is 0 Å². The third-order valence-electron chi connectivity index (χ3n) is 2.83. The zero-order valence-corrected chi connectivity index (χ0v) is 9.98. The summed E-state index contributed by atoms with van der Waals surface area (Å²) in [5, 5.41) is 0. The molecular formula is C10H2F6N4O2. The maximum absolute atomic E-state index is 12.5. The summed E-state index contributed by atoms with van der Waals surface area (Å²) in [7, 11) is 0. The number of carbonyl (C=O) groups excluding carboxylic acids is 2. The summed E-state index contributed by atoms with van der Waals surface area (Å²) in [6.45, 7) is 0. The molecule has 2 N–H and O–H groups in total. The maximum Gasteiger partial charge on any atom is 0.449 e. The number of fused-ring (bicyclic) bond motifs is 2. The zero-order valence-electron chi connectivity index (χ0n) is 9.98. The Labute approximate surface area is 115 Å². The zero-order chi connectivity index (χ0) is 16.4. The summed E-state index contributed by atoms with van der Waals surface area (Å²) in [6.07, 6.45) is -9.90. The van der Waals surface area contributed by atoms with E-state index in [2.05, 4.69) is 9.97 Å². The van der Waals surface area contributed by atoms with Crippen LogP contribution in [0.3, 0.4) is 0 Å². The van der Waals surface area contributed by atoms with E-state index in [-0.39, 0.29) is 0 Å². The summed E-state index contributed by atoms with van der Waals surface area (Å²) < 4.78 is 75.1. The molecule has 0 fully saturated rings. The first kappa shape index (κ1) is 14.3. The number of alkyl halides is 6. The molecule has 0 aliphatic heterocycles. The summed E-state index contributed by atoms with van der Waals surface area (Å²) in [6, 6.07) is 0. The predicted molar refractivity (Wildman–Crippen MR) is 54.0 cm³/mol. The van der Waals surface area contributed by atoms with Gasteiger partial charge in [0.15, 0.2) is 0 Å². The molecule has 0 saturated heterocycles. The Hall–Kier alpha value is -2.66. The molecule has 1 aliphatic carbocycles. The van der Waals surface area contributed by atoms with Crippen molar-refractivity contribution in [2.75, 3.05) is 0 Å². The smallest absolute Gasteiger partial charge is 0.331 e. The monoisotopic (exact) mass is 324 g/mol. The van der Waals surface area contributed by atoms with Crippen LogP contribution in [0.2, 0.25) is 0 Å². The molecule has 0 radical (unpaired) electrons. The molecular weight excluding hydrogens is 322 g/mol. The van der Waals surface area contributed by atoms with Crippen molar-refractivity contribution >= 4 is 11.6 Å². The lowest BCUT2D eigenvalue weighted by molar-refractivity contribution is -0.145. The predicted octanol–water partition coefficient (Wildman–Crippen LogP) is 1.95. The standard InChI is InChI=1S/C10H2F6N4O2/c11-9(12,13)7-17-1-2(18-7)6(22)4-3(5(1)21)19-8(20-4)10(14,15)16/h(H,17,18)(H,19,20). The normalized spacial score (nSPS) is 15.0. The van der Waals surface area contributed by atoms with Crippen molar-refractivity contribution in [3.63, 3.8) is 0 Å². The van der Waals surface area contributed by atoms with Gasteiger partial charge in [0.05, 0.1) is 0 Å². The topological polar surface area (TPSA) is 91.5 Å². The molecule has 0 amide bonds. The van der Waals surface area contributed by atoms with Crippen molar-refractivity contribution in [1.29, 1.82) is 0 Å². The Bertz CT molecular complexity index is 697. The number of hydrogen-bond acceptors (Lipinski definition) is 4. The Morgan fingerprint density at radius 3 is 1.36 bits per heavy atom. The van der Waals surface area contributed by atoms with E-state index in [0.29, 0.717) is 0 Å². The molecule has 22 heavy (non-hydrogen) atoms. The van der Waals surface area contributed by atoms with Crippen LogP contribution in [0.1, 0.15) is 44.0 Å². The number of aromatic amines is 2.